The van der Waals surface area contributed by atoms with E-state index in [1.165, 1.54) is 22.3 Å². The van der Waals surface area contributed by atoms with Gasteiger partial charge >= 0.3 is 0 Å². The second kappa shape index (κ2) is 6.61. The maximum Gasteiger partial charge on any atom is 0.0725 e. The maximum atomic E-state index is 5.52. The minimum Gasteiger partial charge on any atom is -0.372 e. The molecule has 0 amide bonds. The van der Waals surface area contributed by atoms with Gasteiger partial charge in [-0.25, -0.2) is 0 Å². The van der Waals surface area contributed by atoms with Crippen LogP contribution in [0.3, 0.4) is 0 Å². The van der Waals surface area contributed by atoms with Gasteiger partial charge < -0.3 is 10.1 Å². The van der Waals surface area contributed by atoms with Crippen LogP contribution in [0.25, 0.3) is 0 Å². The van der Waals surface area contributed by atoms with Gasteiger partial charge in [-0.3, -0.25) is 0 Å². The van der Waals surface area contributed by atoms with Crippen molar-refractivity contribution < 1.29 is 4.74 Å². The first-order chi connectivity index (χ1) is 10.2. The molecule has 4 heteroatoms. The Morgan fingerprint density at radius 3 is 2.43 bits per heavy atom. The van der Waals surface area contributed by atoms with Crippen molar-refractivity contribution in [3.05, 3.63) is 67.6 Å². The van der Waals surface area contributed by atoms with E-state index in [-0.39, 0.29) is 6.04 Å². The van der Waals surface area contributed by atoms with Gasteiger partial charge in [0.25, 0.3) is 0 Å². The highest BCUT2D eigenvalue weighted by Gasteiger charge is 2.18. The molecule has 1 heterocycles. The molecule has 0 aromatic heterocycles. The van der Waals surface area contributed by atoms with Crippen molar-refractivity contribution in [1.82, 2.24) is 5.32 Å². The van der Waals surface area contributed by atoms with Crippen molar-refractivity contribution in [3.63, 3.8) is 0 Å². The molecule has 1 aliphatic heterocycles. The minimum atomic E-state index is 0.190. The summed E-state index contributed by atoms with van der Waals surface area (Å²) in [7, 11) is 0. The lowest BCUT2D eigenvalue weighted by Gasteiger charge is -2.20. The van der Waals surface area contributed by atoms with Crippen LogP contribution < -0.4 is 5.32 Å². The Balaban J connectivity index is 2.01. The highest BCUT2D eigenvalue weighted by atomic mass is 79.9. The number of rotatable bonds is 4. The summed E-state index contributed by atoms with van der Waals surface area (Å²) >= 11 is 7.15. The van der Waals surface area contributed by atoms with Crippen molar-refractivity contribution >= 4 is 31.9 Å². The molecular weight excluding hydrogens is 394 g/mol. The van der Waals surface area contributed by atoms with Gasteiger partial charge in [-0.2, -0.15) is 0 Å². The molecule has 1 aliphatic rings. The minimum absolute atomic E-state index is 0.190. The maximum absolute atomic E-state index is 5.52. The van der Waals surface area contributed by atoms with Crippen LogP contribution in [0, 0.1) is 0 Å². The molecule has 1 unspecified atom stereocenters. The van der Waals surface area contributed by atoms with Crippen LogP contribution in [0.2, 0.25) is 0 Å². The molecule has 3 rings (SSSR count). The fourth-order valence-corrected chi connectivity index (χ4v) is 4.07. The zero-order valence-electron chi connectivity index (χ0n) is 11.8. The van der Waals surface area contributed by atoms with E-state index >= 15 is 0 Å². The number of benzene rings is 2. The van der Waals surface area contributed by atoms with Crippen LogP contribution >= 0.6 is 31.9 Å². The molecule has 0 fully saturated rings. The monoisotopic (exact) mass is 409 g/mol. The highest BCUT2D eigenvalue weighted by Crippen LogP contribution is 2.30. The molecule has 1 atom stereocenters. The molecule has 1 N–H and O–H groups in total. The van der Waals surface area contributed by atoms with E-state index in [0.717, 1.165) is 28.7 Å². The van der Waals surface area contributed by atoms with Crippen LogP contribution in [0.15, 0.2) is 45.3 Å². The van der Waals surface area contributed by atoms with Gasteiger partial charge in [0.2, 0.25) is 0 Å². The third-order valence-electron chi connectivity index (χ3n) is 3.71. The van der Waals surface area contributed by atoms with Gasteiger partial charge in [0.1, 0.15) is 0 Å². The largest absolute Gasteiger partial charge is 0.372 e. The fraction of sp³-hybridized carbons (Fsp3) is 0.294. The second-order valence-corrected chi connectivity index (χ2v) is 7.05. The third kappa shape index (κ3) is 3.39. The van der Waals surface area contributed by atoms with E-state index in [4.69, 9.17) is 4.74 Å². The predicted octanol–water partition coefficient (Wildman–Crippen LogP) is 4.94. The van der Waals surface area contributed by atoms with E-state index < -0.39 is 0 Å². The average molecular weight is 411 g/mol. The second-order valence-electron chi connectivity index (χ2n) is 5.21. The molecule has 21 heavy (non-hydrogen) atoms. The molecule has 2 aromatic carbocycles. The van der Waals surface area contributed by atoms with Crippen LogP contribution in [0.4, 0.5) is 0 Å². The molecule has 110 valence electrons. The molecule has 0 bridgehead atoms. The third-order valence-corrected chi connectivity index (χ3v) is 4.62. The van der Waals surface area contributed by atoms with Crippen LogP contribution in [-0.2, 0) is 18.0 Å². The molecule has 0 saturated heterocycles. The molecule has 0 aliphatic carbocycles. The van der Waals surface area contributed by atoms with Crippen LogP contribution in [-0.4, -0.2) is 6.54 Å². The van der Waals surface area contributed by atoms with Gasteiger partial charge in [-0.1, -0.05) is 57.0 Å². The number of nitrogens with one attached hydrogen (secondary N) is 1. The summed E-state index contributed by atoms with van der Waals surface area (Å²) in [6.45, 7) is 4.52. The van der Waals surface area contributed by atoms with Gasteiger partial charge in [0.05, 0.1) is 19.3 Å². The molecule has 2 aromatic rings. The van der Waals surface area contributed by atoms with Crippen LogP contribution in [0.5, 0.6) is 0 Å². The van der Waals surface area contributed by atoms with Crippen molar-refractivity contribution in [1.29, 1.82) is 0 Å². The SMILES string of the molecule is CCNC(c1cc(Br)cc(Br)c1)c1ccc2c(c1)COC2. The van der Waals surface area contributed by atoms with Gasteiger partial charge in [-0.05, 0) is 47.0 Å². The van der Waals surface area contributed by atoms with Gasteiger partial charge in [0.15, 0.2) is 0 Å². The van der Waals surface area contributed by atoms with E-state index in [9.17, 15) is 0 Å². The summed E-state index contributed by atoms with van der Waals surface area (Å²) in [5.41, 5.74) is 5.15. The lowest BCUT2D eigenvalue weighted by atomic mass is 9.95. The fourth-order valence-electron chi connectivity index (χ4n) is 2.75. The number of hydrogen-bond acceptors (Lipinski definition) is 2. The van der Waals surface area contributed by atoms with E-state index in [1.54, 1.807) is 0 Å². The first-order valence-corrected chi connectivity index (χ1v) is 8.65. The lowest BCUT2D eigenvalue weighted by Crippen LogP contribution is -2.22. The first-order valence-electron chi connectivity index (χ1n) is 7.06. The predicted molar refractivity (Wildman–Crippen MR) is 92.3 cm³/mol. The molecule has 2 nitrogen and oxygen atoms in total. The Labute approximate surface area is 142 Å². The summed E-state index contributed by atoms with van der Waals surface area (Å²) in [5.74, 6) is 0. The van der Waals surface area contributed by atoms with Crippen molar-refractivity contribution in [2.75, 3.05) is 6.54 Å². The average Bonchev–Trinajstić information content (AvgIpc) is 2.91. The zero-order chi connectivity index (χ0) is 14.8. The van der Waals surface area contributed by atoms with Crippen molar-refractivity contribution in [3.8, 4) is 0 Å². The summed E-state index contributed by atoms with van der Waals surface area (Å²) in [5, 5.41) is 3.58. The van der Waals surface area contributed by atoms with Crippen LogP contribution in [0.1, 0.15) is 35.2 Å². The summed E-state index contributed by atoms with van der Waals surface area (Å²) in [6, 6.07) is 13.2. The Bertz CT molecular complexity index is 637. The quantitative estimate of drug-likeness (QED) is 0.770. The molecule has 0 radical (unpaired) electrons. The number of hydrogen-bond donors (Lipinski definition) is 1. The Morgan fingerprint density at radius 1 is 1.00 bits per heavy atom. The highest BCUT2D eigenvalue weighted by molar-refractivity contribution is 9.11. The van der Waals surface area contributed by atoms with Crippen molar-refractivity contribution in [2.45, 2.75) is 26.2 Å². The van der Waals surface area contributed by atoms with Gasteiger partial charge in [0, 0.05) is 8.95 Å². The Morgan fingerprint density at radius 2 is 1.71 bits per heavy atom. The summed E-state index contributed by atoms with van der Waals surface area (Å²) in [4.78, 5) is 0. The van der Waals surface area contributed by atoms with E-state index in [2.05, 4.69) is 80.5 Å². The normalized spacial score (nSPS) is 15.0. The molecule has 0 spiro atoms. The number of ether oxygens (including phenoxy) is 1. The Kier molecular flexibility index (Phi) is 4.79. The molecule has 0 saturated carbocycles. The topological polar surface area (TPSA) is 21.3 Å². The summed E-state index contributed by atoms with van der Waals surface area (Å²) < 4.78 is 7.68. The Hall–Kier alpha value is -0.680. The smallest absolute Gasteiger partial charge is 0.0725 e. The van der Waals surface area contributed by atoms with E-state index in [1.807, 2.05) is 0 Å². The number of fused-ring (bicyclic) bond motifs is 1. The standard InChI is InChI=1S/C17H17Br2NO/c1-2-20-17(13-6-15(18)8-16(19)7-13)11-3-4-12-9-21-10-14(12)5-11/h3-8,17,20H,2,9-10H2,1H3. The first kappa shape index (κ1) is 15.2. The van der Waals surface area contributed by atoms with E-state index in [0.29, 0.717) is 0 Å². The summed E-state index contributed by atoms with van der Waals surface area (Å²) in [6.07, 6.45) is 0. The zero-order valence-corrected chi connectivity index (χ0v) is 15.0. The van der Waals surface area contributed by atoms with Gasteiger partial charge in [-0.15, -0.1) is 0 Å². The van der Waals surface area contributed by atoms with Crippen molar-refractivity contribution in [2.24, 2.45) is 0 Å². The molecular formula is C17H17Br2NO. The number of halogens is 2. The lowest BCUT2D eigenvalue weighted by molar-refractivity contribution is 0.134.